The van der Waals surface area contributed by atoms with Crippen LogP contribution < -0.4 is 4.72 Å². The Hall–Kier alpha value is -0.880. The fourth-order valence-electron chi connectivity index (χ4n) is 5.90. The molecule has 166 valence electrons. The Balaban J connectivity index is 1.52. The monoisotopic (exact) mass is 425 g/mol. The van der Waals surface area contributed by atoms with Crippen LogP contribution in [-0.4, -0.2) is 31.3 Å². The molecule has 4 aliphatic rings. The predicted octanol–water partition coefficient (Wildman–Crippen LogP) is 4.88. The number of rotatable bonds is 11. The van der Waals surface area contributed by atoms with E-state index in [1.807, 2.05) is 0 Å². The van der Waals surface area contributed by atoms with Crippen molar-refractivity contribution < 1.29 is 18.3 Å². The van der Waals surface area contributed by atoms with Crippen molar-refractivity contribution in [3.05, 3.63) is 12.2 Å². The normalized spacial score (nSPS) is 30.8. The van der Waals surface area contributed by atoms with Crippen molar-refractivity contribution in [2.45, 2.75) is 95.9 Å². The SMILES string of the molecule is O=C(O)CCCC=CCC1C2CCC(CC2)C1NS(=O)(=O)CCC1CCCCC1. The molecule has 6 heteroatoms. The lowest BCUT2D eigenvalue weighted by Gasteiger charge is -2.48. The van der Waals surface area contributed by atoms with Gasteiger partial charge in [0.25, 0.3) is 0 Å². The summed E-state index contributed by atoms with van der Waals surface area (Å²) >= 11 is 0. The average molecular weight is 426 g/mol. The van der Waals surface area contributed by atoms with Gasteiger partial charge in [0.2, 0.25) is 10.0 Å². The van der Waals surface area contributed by atoms with Crippen LogP contribution in [0.15, 0.2) is 12.2 Å². The van der Waals surface area contributed by atoms with Crippen LogP contribution in [0, 0.1) is 23.7 Å². The Bertz CT molecular complexity index is 646. The van der Waals surface area contributed by atoms with E-state index in [9.17, 15) is 13.2 Å². The number of hydrogen-bond donors (Lipinski definition) is 2. The van der Waals surface area contributed by atoms with E-state index in [0.29, 0.717) is 30.1 Å². The largest absolute Gasteiger partial charge is 0.481 e. The maximum Gasteiger partial charge on any atom is 0.303 e. The summed E-state index contributed by atoms with van der Waals surface area (Å²) in [6.45, 7) is 0. The van der Waals surface area contributed by atoms with E-state index in [2.05, 4.69) is 16.9 Å². The summed E-state index contributed by atoms with van der Waals surface area (Å²) in [7, 11) is -3.22. The summed E-state index contributed by atoms with van der Waals surface area (Å²) in [5, 5.41) is 8.73. The van der Waals surface area contributed by atoms with Crippen molar-refractivity contribution >= 4 is 16.0 Å². The molecule has 0 aromatic carbocycles. The third-order valence-electron chi connectivity index (χ3n) is 7.56. The molecule has 2 N–H and O–H groups in total. The van der Waals surface area contributed by atoms with E-state index in [0.717, 1.165) is 32.1 Å². The second-order valence-corrected chi connectivity index (χ2v) is 11.5. The van der Waals surface area contributed by atoms with Crippen LogP contribution >= 0.6 is 0 Å². The van der Waals surface area contributed by atoms with Crippen molar-refractivity contribution in [1.29, 1.82) is 0 Å². The van der Waals surface area contributed by atoms with E-state index < -0.39 is 16.0 Å². The standard InChI is InChI=1S/C23H39NO4S/c25-22(26)11-7-2-1-6-10-21-19-12-14-20(15-13-19)23(21)24-29(27,28)17-16-18-8-4-3-5-9-18/h1,6,18-21,23-24H,2-5,7-17H2,(H,25,26). The highest BCUT2D eigenvalue weighted by Gasteiger charge is 2.44. The smallest absolute Gasteiger partial charge is 0.303 e. The molecule has 0 saturated heterocycles. The lowest BCUT2D eigenvalue weighted by Crippen LogP contribution is -2.53. The third kappa shape index (κ3) is 7.09. The first-order valence-corrected chi connectivity index (χ1v) is 13.5. The van der Waals surface area contributed by atoms with Crippen molar-refractivity contribution in [2.24, 2.45) is 23.7 Å². The average Bonchev–Trinajstić information content (AvgIpc) is 2.71. The molecule has 0 amide bonds. The first-order chi connectivity index (χ1) is 13.9. The number of unbranched alkanes of at least 4 members (excludes halogenated alkanes) is 1. The zero-order valence-corrected chi connectivity index (χ0v) is 18.5. The van der Waals surface area contributed by atoms with Crippen LogP contribution in [0.5, 0.6) is 0 Å². The number of sulfonamides is 1. The van der Waals surface area contributed by atoms with E-state index in [1.165, 1.54) is 44.9 Å². The topological polar surface area (TPSA) is 83.5 Å². The first kappa shape index (κ1) is 22.8. The van der Waals surface area contributed by atoms with Crippen molar-refractivity contribution in [2.75, 3.05) is 5.75 Å². The van der Waals surface area contributed by atoms with E-state index in [4.69, 9.17) is 5.11 Å². The van der Waals surface area contributed by atoms with Gasteiger partial charge in [-0.05, 0) is 75.0 Å². The lowest BCUT2D eigenvalue weighted by molar-refractivity contribution is -0.137. The van der Waals surface area contributed by atoms with Gasteiger partial charge < -0.3 is 5.11 Å². The third-order valence-corrected chi connectivity index (χ3v) is 8.97. The summed E-state index contributed by atoms with van der Waals surface area (Å²) < 4.78 is 28.9. The van der Waals surface area contributed by atoms with Crippen molar-refractivity contribution in [1.82, 2.24) is 4.72 Å². The fourth-order valence-corrected chi connectivity index (χ4v) is 7.45. The zero-order chi connectivity index (χ0) is 20.7. The van der Waals surface area contributed by atoms with Gasteiger partial charge in [0, 0.05) is 12.5 Å². The van der Waals surface area contributed by atoms with Gasteiger partial charge in [-0.1, -0.05) is 44.3 Å². The second kappa shape index (κ2) is 10.9. The molecule has 0 spiro atoms. The maximum absolute atomic E-state index is 12.9. The Morgan fingerprint density at radius 1 is 0.966 bits per heavy atom. The van der Waals surface area contributed by atoms with Gasteiger partial charge in [-0.2, -0.15) is 0 Å². The van der Waals surface area contributed by atoms with E-state index in [1.54, 1.807) is 0 Å². The number of carbonyl (C=O) groups is 1. The number of aliphatic carboxylic acids is 1. The van der Waals surface area contributed by atoms with Gasteiger partial charge in [-0.3, -0.25) is 4.79 Å². The van der Waals surface area contributed by atoms with Gasteiger partial charge in [-0.15, -0.1) is 0 Å². The minimum absolute atomic E-state index is 0.0857. The van der Waals surface area contributed by atoms with Gasteiger partial charge in [0.1, 0.15) is 0 Å². The molecular weight excluding hydrogens is 386 g/mol. The molecule has 0 aromatic rings. The van der Waals surface area contributed by atoms with E-state index >= 15 is 0 Å². The Kier molecular flexibility index (Phi) is 8.60. The van der Waals surface area contributed by atoms with Crippen LogP contribution in [0.1, 0.15) is 89.9 Å². The minimum Gasteiger partial charge on any atom is -0.481 e. The number of nitrogens with one attached hydrogen (secondary N) is 1. The summed E-state index contributed by atoms with van der Waals surface area (Å²) in [4.78, 5) is 10.6. The van der Waals surface area contributed by atoms with Gasteiger partial charge >= 0.3 is 5.97 Å². The molecule has 4 saturated carbocycles. The summed E-state index contributed by atoms with van der Waals surface area (Å²) in [5.74, 6) is 1.62. The molecule has 29 heavy (non-hydrogen) atoms. The quantitative estimate of drug-likeness (QED) is 0.365. The molecule has 5 nitrogen and oxygen atoms in total. The molecule has 2 atom stereocenters. The highest BCUT2D eigenvalue weighted by molar-refractivity contribution is 7.89. The summed E-state index contributed by atoms with van der Waals surface area (Å²) in [6.07, 6.45) is 18.6. The van der Waals surface area contributed by atoms with Crippen molar-refractivity contribution in [3.8, 4) is 0 Å². The number of allylic oxidation sites excluding steroid dienone is 2. The van der Waals surface area contributed by atoms with Crippen LogP contribution in [0.25, 0.3) is 0 Å². The van der Waals surface area contributed by atoms with Crippen LogP contribution in [0.4, 0.5) is 0 Å². The van der Waals surface area contributed by atoms with Crippen LogP contribution in [-0.2, 0) is 14.8 Å². The van der Waals surface area contributed by atoms with Gasteiger partial charge in [-0.25, -0.2) is 13.1 Å². The number of fused-ring (bicyclic) bond motifs is 3. The number of carboxylic acids is 1. The highest BCUT2D eigenvalue weighted by atomic mass is 32.2. The van der Waals surface area contributed by atoms with Gasteiger partial charge in [0.15, 0.2) is 0 Å². The first-order valence-electron chi connectivity index (χ1n) is 11.8. The molecule has 0 heterocycles. The fraction of sp³-hybridized carbons (Fsp3) is 0.870. The van der Waals surface area contributed by atoms with Crippen LogP contribution in [0.3, 0.4) is 0 Å². The molecule has 0 radical (unpaired) electrons. The zero-order valence-electron chi connectivity index (χ0n) is 17.7. The molecule has 4 aliphatic carbocycles. The molecule has 2 bridgehead atoms. The van der Waals surface area contributed by atoms with E-state index in [-0.39, 0.29) is 18.2 Å². The molecule has 4 rings (SSSR count). The number of carboxylic acid groups (broad SMARTS) is 1. The lowest BCUT2D eigenvalue weighted by atomic mass is 9.61. The second-order valence-electron chi connectivity index (χ2n) is 9.59. The van der Waals surface area contributed by atoms with Crippen LogP contribution in [0.2, 0.25) is 0 Å². The highest BCUT2D eigenvalue weighted by Crippen LogP contribution is 2.47. The predicted molar refractivity (Wildman–Crippen MR) is 116 cm³/mol. The summed E-state index contributed by atoms with van der Waals surface area (Å²) in [6, 6.07) is 0.0857. The minimum atomic E-state index is -3.22. The van der Waals surface area contributed by atoms with Crippen molar-refractivity contribution in [3.63, 3.8) is 0 Å². The molecule has 0 aliphatic heterocycles. The Morgan fingerprint density at radius 3 is 2.34 bits per heavy atom. The Morgan fingerprint density at radius 2 is 1.66 bits per heavy atom. The number of hydrogen-bond acceptors (Lipinski definition) is 3. The molecule has 0 aromatic heterocycles. The molecule has 2 unspecified atom stereocenters. The molecular formula is C23H39NO4S. The van der Waals surface area contributed by atoms with Gasteiger partial charge in [0.05, 0.1) is 5.75 Å². The Labute approximate surface area is 176 Å². The molecule has 4 fully saturated rings. The maximum atomic E-state index is 12.9. The summed E-state index contributed by atoms with van der Waals surface area (Å²) in [5.41, 5.74) is 0.